The minimum atomic E-state index is 0.919. The van der Waals surface area contributed by atoms with E-state index in [1.165, 1.54) is 58.5 Å². The topological polar surface area (TPSA) is 16.4 Å². The van der Waals surface area contributed by atoms with E-state index in [1.54, 1.807) is 0 Å². The molecule has 11 rings (SSSR count). The van der Waals surface area contributed by atoms with E-state index >= 15 is 0 Å². The maximum absolute atomic E-state index is 6.36. The molecule has 0 aliphatic carbocycles. The summed E-state index contributed by atoms with van der Waals surface area (Å²) in [5, 5.41) is 9.82. The average Bonchev–Trinajstić information content (AvgIpc) is 3.80. The van der Waals surface area contributed by atoms with Crippen LogP contribution >= 0.6 is 11.3 Å². The number of benzene rings is 9. The zero-order valence-electron chi connectivity index (χ0n) is 28.7. The van der Waals surface area contributed by atoms with E-state index in [0.29, 0.717) is 0 Å². The Bertz CT molecular complexity index is 3170. The lowest BCUT2D eigenvalue weighted by atomic mass is 9.97. The van der Waals surface area contributed by atoms with Crippen LogP contribution in [0.5, 0.6) is 0 Å². The van der Waals surface area contributed by atoms with Gasteiger partial charge in [0.1, 0.15) is 11.2 Å². The van der Waals surface area contributed by atoms with Crippen LogP contribution in [0.4, 0.5) is 17.1 Å². The fourth-order valence-electron chi connectivity index (χ4n) is 8.08. The Morgan fingerprint density at radius 2 is 1.09 bits per heavy atom. The van der Waals surface area contributed by atoms with Crippen LogP contribution in [0.2, 0.25) is 0 Å². The van der Waals surface area contributed by atoms with Gasteiger partial charge in [0.15, 0.2) is 0 Å². The Hall–Kier alpha value is -6.68. The van der Waals surface area contributed by atoms with Gasteiger partial charge >= 0.3 is 0 Å². The number of hydrogen-bond donors (Lipinski definition) is 0. The number of rotatable bonds is 5. The molecule has 2 aromatic heterocycles. The van der Waals surface area contributed by atoms with E-state index in [-0.39, 0.29) is 0 Å². The van der Waals surface area contributed by atoms with Crippen molar-refractivity contribution in [3.05, 3.63) is 188 Å². The summed E-state index contributed by atoms with van der Waals surface area (Å²) < 4.78 is 8.97. The third kappa shape index (κ3) is 4.86. The number of hydrogen-bond acceptors (Lipinski definition) is 3. The van der Waals surface area contributed by atoms with Gasteiger partial charge in [-0.1, -0.05) is 140 Å². The predicted octanol–water partition coefficient (Wildman–Crippen LogP) is 15.1. The van der Waals surface area contributed by atoms with Crippen molar-refractivity contribution in [3.63, 3.8) is 0 Å². The first-order valence-electron chi connectivity index (χ1n) is 18.0. The quantitative estimate of drug-likeness (QED) is 0.178. The number of para-hydroxylation sites is 3. The van der Waals surface area contributed by atoms with Crippen LogP contribution in [0.3, 0.4) is 0 Å². The fraction of sp³-hybridized carbons (Fsp3) is 0. The van der Waals surface area contributed by atoms with E-state index in [1.807, 2.05) is 23.5 Å². The maximum Gasteiger partial charge on any atom is 0.143 e. The molecule has 0 unspecified atom stereocenters. The van der Waals surface area contributed by atoms with Crippen molar-refractivity contribution < 1.29 is 4.42 Å². The second kappa shape index (κ2) is 11.9. The van der Waals surface area contributed by atoms with Gasteiger partial charge in [-0.15, -0.1) is 11.3 Å². The summed E-state index contributed by atoms with van der Waals surface area (Å²) >= 11 is 1.88. The van der Waals surface area contributed by atoms with E-state index in [2.05, 4.69) is 181 Å². The molecule has 0 saturated heterocycles. The zero-order chi connectivity index (χ0) is 34.9. The minimum absolute atomic E-state index is 0.919. The Morgan fingerprint density at radius 3 is 1.96 bits per heavy atom. The summed E-state index contributed by atoms with van der Waals surface area (Å²) in [5.41, 5.74) is 9.94. The van der Waals surface area contributed by atoms with Gasteiger partial charge in [-0.3, -0.25) is 0 Å². The Morgan fingerprint density at radius 1 is 0.396 bits per heavy atom. The number of nitrogens with zero attached hydrogens (tertiary/aromatic N) is 1. The van der Waals surface area contributed by atoms with Crippen molar-refractivity contribution >= 4 is 92.1 Å². The molecule has 9 aromatic carbocycles. The first-order chi connectivity index (χ1) is 26.3. The third-order valence-corrected chi connectivity index (χ3v) is 11.9. The molecule has 0 bridgehead atoms. The van der Waals surface area contributed by atoms with Crippen LogP contribution in [-0.2, 0) is 0 Å². The van der Waals surface area contributed by atoms with Crippen LogP contribution in [0.1, 0.15) is 0 Å². The fourth-order valence-corrected chi connectivity index (χ4v) is 9.28. The minimum Gasteiger partial charge on any atom is -0.455 e. The van der Waals surface area contributed by atoms with Crippen LogP contribution in [0.15, 0.2) is 192 Å². The molecule has 248 valence electrons. The Balaban J connectivity index is 1.06. The van der Waals surface area contributed by atoms with Gasteiger partial charge in [0, 0.05) is 58.7 Å². The second-order valence-corrected chi connectivity index (χ2v) is 14.7. The lowest BCUT2D eigenvalue weighted by molar-refractivity contribution is 0.670. The van der Waals surface area contributed by atoms with E-state index in [4.69, 9.17) is 4.42 Å². The molecule has 53 heavy (non-hydrogen) atoms. The third-order valence-electron chi connectivity index (χ3n) is 10.6. The number of anilines is 3. The largest absolute Gasteiger partial charge is 0.455 e. The predicted molar refractivity (Wildman–Crippen MR) is 227 cm³/mol. The summed E-state index contributed by atoms with van der Waals surface area (Å²) in [6.45, 7) is 0. The van der Waals surface area contributed by atoms with Crippen LogP contribution < -0.4 is 4.90 Å². The summed E-state index contributed by atoms with van der Waals surface area (Å²) in [4.78, 5) is 2.42. The normalized spacial score (nSPS) is 11.8. The summed E-state index contributed by atoms with van der Waals surface area (Å²) in [5.74, 6) is 0. The number of thiophene rings is 1. The van der Waals surface area contributed by atoms with Crippen molar-refractivity contribution in [3.8, 4) is 22.3 Å². The molecule has 0 amide bonds. The molecule has 0 aliphatic heterocycles. The zero-order valence-corrected chi connectivity index (χ0v) is 29.5. The van der Waals surface area contributed by atoms with Crippen molar-refractivity contribution in [2.24, 2.45) is 0 Å². The molecule has 0 radical (unpaired) electrons. The highest BCUT2D eigenvalue weighted by Crippen LogP contribution is 2.47. The first kappa shape index (κ1) is 30.0. The molecule has 0 saturated carbocycles. The molecule has 0 atom stereocenters. The van der Waals surface area contributed by atoms with Crippen LogP contribution in [0.25, 0.3) is 85.9 Å². The van der Waals surface area contributed by atoms with Gasteiger partial charge in [-0.05, 0) is 76.0 Å². The molecule has 11 aromatic rings. The lowest BCUT2D eigenvalue weighted by Gasteiger charge is -2.27. The molecule has 0 N–H and O–H groups in total. The lowest BCUT2D eigenvalue weighted by Crippen LogP contribution is -2.10. The Labute approximate surface area is 310 Å². The smallest absolute Gasteiger partial charge is 0.143 e. The molecule has 2 nitrogen and oxygen atoms in total. The molecule has 3 heteroatoms. The van der Waals surface area contributed by atoms with Gasteiger partial charge in [-0.2, -0.15) is 0 Å². The van der Waals surface area contributed by atoms with Crippen LogP contribution in [0, 0.1) is 0 Å². The molecule has 0 spiro atoms. The molecule has 2 heterocycles. The first-order valence-corrected chi connectivity index (χ1v) is 18.8. The highest BCUT2D eigenvalue weighted by atomic mass is 32.1. The SMILES string of the molecule is c1ccc(N(c2ccc3ccccc3c2)c2cc3c4cc(-c5ccc(-c6cccc7c6oc6ccccc67)cc5)ccc4sc3c3ccccc23)cc1. The van der Waals surface area contributed by atoms with E-state index in [9.17, 15) is 0 Å². The molecule has 0 aliphatic rings. The maximum atomic E-state index is 6.36. The monoisotopic (exact) mass is 693 g/mol. The van der Waals surface area contributed by atoms with Gasteiger partial charge in [0.05, 0.1) is 5.69 Å². The van der Waals surface area contributed by atoms with E-state index < -0.39 is 0 Å². The Kier molecular flexibility index (Phi) is 6.76. The average molecular weight is 694 g/mol. The summed E-state index contributed by atoms with van der Waals surface area (Å²) in [6.07, 6.45) is 0. The van der Waals surface area contributed by atoms with Gasteiger partial charge < -0.3 is 9.32 Å². The van der Waals surface area contributed by atoms with Gasteiger partial charge in [0.2, 0.25) is 0 Å². The highest BCUT2D eigenvalue weighted by molar-refractivity contribution is 7.26. The van der Waals surface area contributed by atoms with Crippen molar-refractivity contribution in [1.82, 2.24) is 0 Å². The molecule has 0 fully saturated rings. The van der Waals surface area contributed by atoms with Crippen molar-refractivity contribution in [2.45, 2.75) is 0 Å². The number of furan rings is 1. The van der Waals surface area contributed by atoms with Crippen molar-refractivity contribution in [2.75, 3.05) is 4.90 Å². The van der Waals surface area contributed by atoms with Crippen LogP contribution in [-0.4, -0.2) is 0 Å². The molecular weight excluding hydrogens is 663 g/mol. The van der Waals surface area contributed by atoms with Gasteiger partial charge in [-0.25, -0.2) is 0 Å². The number of fused-ring (bicyclic) bond motifs is 9. The summed E-state index contributed by atoms with van der Waals surface area (Å²) in [6, 6.07) is 68.0. The highest BCUT2D eigenvalue weighted by Gasteiger charge is 2.20. The standard InChI is InChI=1S/C50H31NOS/c1-2-13-37(14-3-1)51(38-27-25-32-11-4-5-12-35(32)29-38)46-31-45-44-30-36(26-28-48(44)53-50(45)43-17-7-6-15-40(43)46)33-21-23-34(24-22-33)39-18-10-19-42-41-16-8-9-20-47(41)52-49(39)42/h1-31H. The summed E-state index contributed by atoms with van der Waals surface area (Å²) in [7, 11) is 0. The van der Waals surface area contributed by atoms with Crippen molar-refractivity contribution in [1.29, 1.82) is 0 Å². The van der Waals surface area contributed by atoms with E-state index in [0.717, 1.165) is 44.4 Å². The molecular formula is C50H31NOS. The van der Waals surface area contributed by atoms with Gasteiger partial charge in [0.25, 0.3) is 0 Å². The second-order valence-electron chi connectivity index (χ2n) is 13.7.